The molecular weight excluding hydrogens is 140 g/mol. The van der Waals surface area contributed by atoms with Crippen molar-refractivity contribution >= 4 is 0 Å². The Labute approximate surface area is 65.6 Å². The van der Waals surface area contributed by atoms with Crippen molar-refractivity contribution < 1.29 is 4.42 Å². The Hall–Kier alpha value is -0.800. The van der Waals surface area contributed by atoms with Crippen LogP contribution in [-0.2, 0) is 0 Å². The van der Waals surface area contributed by atoms with E-state index in [0.29, 0.717) is 5.92 Å². The van der Waals surface area contributed by atoms with E-state index < -0.39 is 0 Å². The van der Waals surface area contributed by atoms with Crippen molar-refractivity contribution in [3.8, 4) is 0 Å². The van der Waals surface area contributed by atoms with Crippen molar-refractivity contribution in [1.29, 1.82) is 0 Å². The van der Waals surface area contributed by atoms with Crippen molar-refractivity contribution in [3.05, 3.63) is 24.2 Å². The van der Waals surface area contributed by atoms with E-state index in [0.717, 1.165) is 18.8 Å². The lowest BCUT2D eigenvalue weighted by atomic mass is 10.0. The van der Waals surface area contributed by atoms with Gasteiger partial charge in [-0.15, -0.1) is 0 Å². The molecule has 1 fully saturated rings. The highest BCUT2D eigenvalue weighted by Gasteiger charge is 2.26. The topological polar surface area (TPSA) is 51.2 Å². The van der Waals surface area contributed by atoms with E-state index in [-0.39, 0.29) is 6.04 Å². The molecule has 0 spiro atoms. The quantitative estimate of drug-likeness (QED) is 0.608. The molecule has 1 aliphatic heterocycles. The Morgan fingerprint density at radius 1 is 1.55 bits per heavy atom. The molecule has 0 saturated carbocycles. The lowest BCUT2D eigenvalue weighted by Gasteiger charge is -2.09. The van der Waals surface area contributed by atoms with E-state index in [1.165, 1.54) is 0 Å². The molecule has 1 aromatic rings. The predicted octanol–water partition coefficient (Wildman–Crippen LogP) is 0.294. The van der Waals surface area contributed by atoms with Crippen LogP contribution in [0.4, 0.5) is 0 Å². The van der Waals surface area contributed by atoms with Crippen molar-refractivity contribution in [2.24, 2.45) is 5.73 Å². The van der Waals surface area contributed by atoms with Crippen LogP contribution in [-0.4, -0.2) is 19.1 Å². The van der Waals surface area contributed by atoms with Gasteiger partial charge >= 0.3 is 0 Å². The molecule has 1 aliphatic rings. The van der Waals surface area contributed by atoms with Crippen LogP contribution in [0.15, 0.2) is 22.8 Å². The van der Waals surface area contributed by atoms with Crippen LogP contribution in [0.2, 0.25) is 0 Å². The highest BCUT2D eigenvalue weighted by molar-refractivity contribution is 5.11. The summed E-state index contributed by atoms with van der Waals surface area (Å²) >= 11 is 0. The van der Waals surface area contributed by atoms with Gasteiger partial charge in [0.15, 0.2) is 0 Å². The number of furan rings is 1. The van der Waals surface area contributed by atoms with Gasteiger partial charge < -0.3 is 15.5 Å². The first-order valence-corrected chi connectivity index (χ1v) is 3.87. The summed E-state index contributed by atoms with van der Waals surface area (Å²) < 4.78 is 5.27. The summed E-state index contributed by atoms with van der Waals surface area (Å²) in [4.78, 5) is 0. The van der Waals surface area contributed by atoms with Gasteiger partial charge in [0.1, 0.15) is 5.76 Å². The van der Waals surface area contributed by atoms with Crippen molar-refractivity contribution in [1.82, 2.24) is 5.32 Å². The molecule has 2 rings (SSSR count). The maximum Gasteiger partial charge on any atom is 0.109 e. The van der Waals surface area contributed by atoms with Crippen LogP contribution < -0.4 is 11.1 Å². The monoisotopic (exact) mass is 152 g/mol. The van der Waals surface area contributed by atoms with E-state index in [2.05, 4.69) is 5.32 Å². The Bertz CT molecular complexity index is 220. The van der Waals surface area contributed by atoms with Gasteiger partial charge in [0.25, 0.3) is 0 Å². The zero-order valence-electron chi connectivity index (χ0n) is 6.29. The molecular formula is C8H12N2O. The average Bonchev–Trinajstić information content (AvgIpc) is 2.55. The minimum atomic E-state index is 0.209. The fourth-order valence-electron chi connectivity index (χ4n) is 1.51. The van der Waals surface area contributed by atoms with Gasteiger partial charge in [0.2, 0.25) is 0 Å². The molecule has 0 aromatic carbocycles. The van der Waals surface area contributed by atoms with Gasteiger partial charge in [-0.25, -0.2) is 0 Å². The largest absolute Gasteiger partial charge is 0.469 e. The number of nitrogens with one attached hydrogen (secondary N) is 1. The van der Waals surface area contributed by atoms with E-state index >= 15 is 0 Å². The highest BCUT2D eigenvalue weighted by atomic mass is 16.3. The molecule has 3 heteroatoms. The summed E-state index contributed by atoms with van der Waals surface area (Å²) in [5.41, 5.74) is 5.85. The molecule has 0 aliphatic carbocycles. The second-order valence-corrected chi connectivity index (χ2v) is 2.94. The molecule has 1 saturated heterocycles. The van der Waals surface area contributed by atoms with E-state index in [1.54, 1.807) is 6.26 Å². The maximum atomic E-state index is 5.85. The summed E-state index contributed by atoms with van der Waals surface area (Å²) in [5, 5.41) is 3.23. The van der Waals surface area contributed by atoms with Gasteiger partial charge in [-0.1, -0.05) is 0 Å². The minimum Gasteiger partial charge on any atom is -0.469 e. The number of nitrogens with two attached hydrogens (primary N) is 1. The number of rotatable bonds is 1. The number of hydrogen-bond donors (Lipinski definition) is 2. The summed E-state index contributed by atoms with van der Waals surface area (Å²) in [5.74, 6) is 1.37. The second-order valence-electron chi connectivity index (χ2n) is 2.94. The van der Waals surface area contributed by atoms with Gasteiger partial charge in [-0.05, 0) is 12.1 Å². The highest BCUT2D eigenvalue weighted by Crippen LogP contribution is 2.21. The molecule has 0 unspecified atom stereocenters. The second kappa shape index (κ2) is 2.68. The Balaban J connectivity index is 2.16. The Morgan fingerprint density at radius 3 is 3.00 bits per heavy atom. The zero-order chi connectivity index (χ0) is 7.68. The third-order valence-electron chi connectivity index (χ3n) is 2.17. The molecule has 1 aromatic heterocycles. The molecule has 0 amide bonds. The summed E-state index contributed by atoms with van der Waals surface area (Å²) in [6.45, 7) is 1.83. The molecule has 11 heavy (non-hydrogen) atoms. The van der Waals surface area contributed by atoms with Crippen LogP contribution >= 0.6 is 0 Å². The van der Waals surface area contributed by atoms with Crippen molar-refractivity contribution in [2.45, 2.75) is 12.0 Å². The van der Waals surface area contributed by atoms with Crippen LogP contribution in [0.1, 0.15) is 11.7 Å². The standard InChI is InChI=1S/C8H12N2O/c9-7-5-10-4-6(7)8-2-1-3-11-8/h1-3,6-7,10H,4-5,9H2/t6-,7-/m1/s1. The van der Waals surface area contributed by atoms with E-state index in [9.17, 15) is 0 Å². The van der Waals surface area contributed by atoms with Crippen molar-refractivity contribution in [3.63, 3.8) is 0 Å². The minimum absolute atomic E-state index is 0.209. The molecule has 0 bridgehead atoms. The molecule has 3 N–H and O–H groups in total. The van der Waals surface area contributed by atoms with Gasteiger partial charge in [-0.2, -0.15) is 0 Å². The average molecular weight is 152 g/mol. The van der Waals surface area contributed by atoms with Gasteiger partial charge in [0.05, 0.1) is 6.26 Å². The first-order chi connectivity index (χ1) is 5.38. The molecule has 0 radical (unpaired) electrons. The summed E-state index contributed by atoms with van der Waals surface area (Å²) in [6.07, 6.45) is 1.69. The molecule has 2 atom stereocenters. The first-order valence-electron chi connectivity index (χ1n) is 3.87. The van der Waals surface area contributed by atoms with Gasteiger partial charge in [-0.3, -0.25) is 0 Å². The smallest absolute Gasteiger partial charge is 0.109 e. The molecule has 3 nitrogen and oxygen atoms in total. The lowest BCUT2D eigenvalue weighted by Crippen LogP contribution is -2.27. The van der Waals surface area contributed by atoms with Crippen LogP contribution in [0.3, 0.4) is 0 Å². The molecule has 60 valence electrons. The first kappa shape index (κ1) is 6.88. The zero-order valence-corrected chi connectivity index (χ0v) is 6.29. The fraction of sp³-hybridized carbons (Fsp3) is 0.500. The third kappa shape index (κ3) is 1.17. The Kier molecular flexibility index (Phi) is 1.68. The van der Waals surface area contributed by atoms with Crippen LogP contribution in [0, 0.1) is 0 Å². The third-order valence-corrected chi connectivity index (χ3v) is 2.17. The summed E-state index contributed by atoms with van der Waals surface area (Å²) in [7, 11) is 0. The number of hydrogen-bond acceptors (Lipinski definition) is 3. The predicted molar refractivity (Wildman–Crippen MR) is 42.3 cm³/mol. The van der Waals surface area contributed by atoms with Crippen molar-refractivity contribution in [2.75, 3.05) is 13.1 Å². The SMILES string of the molecule is N[C@@H]1CNC[C@H]1c1ccco1. The molecule has 2 heterocycles. The van der Waals surface area contributed by atoms with E-state index in [1.807, 2.05) is 12.1 Å². The van der Waals surface area contributed by atoms with E-state index in [4.69, 9.17) is 10.2 Å². The maximum absolute atomic E-state index is 5.85. The summed E-state index contributed by atoms with van der Waals surface area (Å²) in [6, 6.07) is 4.10. The Morgan fingerprint density at radius 2 is 2.45 bits per heavy atom. The lowest BCUT2D eigenvalue weighted by molar-refractivity contribution is 0.456. The fourth-order valence-corrected chi connectivity index (χ4v) is 1.51. The van der Waals surface area contributed by atoms with Gasteiger partial charge in [0, 0.05) is 25.0 Å². The van der Waals surface area contributed by atoms with Crippen LogP contribution in [0.25, 0.3) is 0 Å². The normalized spacial score (nSPS) is 31.0. The van der Waals surface area contributed by atoms with Crippen LogP contribution in [0.5, 0.6) is 0 Å².